The number of hydrazine groups is 1. The molecule has 0 amide bonds. The van der Waals surface area contributed by atoms with Crippen molar-refractivity contribution < 1.29 is 9.47 Å². The summed E-state index contributed by atoms with van der Waals surface area (Å²) in [7, 11) is 0. The van der Waals surface area contributed by atoms with Gasteiger partial charge in [-0.2, -0.15) is 0 Å². The molecule has 0 radical (unpaired) electrons. The van der Waals surface area contributed by atoms with Crippen molar-refractivity contribution in [1.29, 1.82) is 0 Å². The van der Waals surface area contributed by atoms with Gasteiger partial charge in [0.25, 0.3) is 0 Å². The molecule has 0 saturated carbocycles. The van der Waals surface area contributed by atoms with E-state index in [1.165, 1.54) is 5.56 Å². The van der Waals surface area contributed by atoms with E-state index in [1.54, 1.807) is 0 Å². The van der Waals surface area contributed by atoms with Gasteiger partial charge >= 0.3 is 0 Å². The molecular formula is C14H21N3O2. The van der Waals surface area contributed by atoms with Gasteiger partial charge in [-0.3, -0.25) is 16.3 Å². The average Bonchev–Trinajstić information content (AvgIpc) is 2.89. The fourth-order valence-corrected chi connectivity index (χ4v) is 3.29. The Morgan fingerprint density at radius 3 is 2.89 bits per heavy atom. The fraction of sp³-hybridized carbons (Fsp3) is 0.643. The summed E-state index contributed by atoms with van der Waals surface area (Å²) >= 11 is 0. The van der Waals surface area contributed by atoms with Gasteiger partial charge in [-0.25, -0.2) is 0 Å². The number of nitrogens with two attached hydrogens (primary N) is 1. The molecule has 3 unspecified atom stereocenters. The maximum Gasteiger partial charge on any atom is 0.0940 e. The number of rotatable bonds is 3. The first-order valence-corrected chi connectivity index (χ1v) is 6.91. The first-order chi connectivity index (χ1) is 9.33. The zero-order valence-corrected chi connectivity index (χ0v) is 11.0. The van der Waals surface area contributed by atoms with E-state index in [9.17, 15) is 0 Å². The maximum absolute atomic E-state index is 5.98. The van der Waals surface area contributed by atoms with E-state index in [1.807, 2.05) is 24.5 Å². The lowest BCUT2D eigenvalue weighted by molar-refractivity contribution is -0.103. The summed E-state index contributed by atoms with van der Waals surface area (Å²) in [5.74, 6) is 6.26. The monoisotopic (exact) mass is 263 g/mol. The van der Waals surface area contributed by atoms with E-state index in [2.05, 4.69) is 10.4 Å². The molecule has 5 heteroatoms. The number of pyridine rings is 1. The van der Waals surface area contributed by atoms with Gasteiger partial charge in [-0.1, -0.05) is 0 Å². The SMILES string of the molecule is NNC(c1ccncc1)C1CCOC2(CCOC2)C1. The summed E-state index contributed by atoms with van der Waals surface area (Å²) < 4.78 is 11.5. The molecule has 0 bridgehead atoms. The highest BCUT2D eigenvalue weighted by atomic mass is 16.6. The topological polar surface area (TPSA) is 69.4 Å². The van der Waals surface area contributed by atoms with Gasteiger partial charge in [0, 0.05) is 38.1 Å². The Balaban J connectivity index is 1.76. The molecule has 3 N–H and O–H groups in total. The maximum atomic E-state index is 5.98. The predicted molar refractivity (Wildman–Crippen MR) is 71.1 cm³/mol. The summed E-state index contributed by atoms with van der Waals surface area (Å²) in [6.07, 6.45) is 6.65. The van der Waals surface area contributed by atoms with Gasteiger partial charge in [-0.15, -0.1) is 0 Å². The second kappa shape index (κ2) is 5.54. The van der Waals surface area contributed by atoms with Crippen LogP contribution in [0.5, 0.6) is 0 Å². The Morgan fingerprint density at radius 2 is 2.21 bits per heavy atom. The lowest BCUT2D eigenvalue weighted by Gasteiger charge is -2.40. The largest absolute Gasteiger partial charge is 0.378 e. The van der Waals surface area contributed by atoms with Gasteiger partial charge in [0.1, 0.15) is 0 Å². The Kier molecular flexibility index (Phi) is 3.79. The van der Waals surface area contributed by atoms with Crippen molar-refractivity contribution in [2.45, 2.75) is 30.9 Å². The fourth-order valence-electron chi connectivity index (χ4n) is 3.29. The van der Waals surface area contributed by atoms with Gasteiger partial charge in [0.15, 0.2) is 0 Å². The number of hydrogen-bond acceptors (Lipinski definition) is 5. The van der Waals surface area contributed by atoms with Crippen LogP contribution >= 0.6 is 0 Å². The number of nitrogens with one attached hydrogen (secondary N) is 1. The van der Waals surface area contributed by atoms with Crippen LogP contribution in [-0.2, 0) is 9.47 Å². The van der Waals surface area contributed by atoms with Crippen LogP contribution in [0.2, 0.25) is 0 Å². The third-order valence-corrected chi connectivity index (χ3v) is 4.31. The highest BCUT2D eigenvalue weighted by molar-refractivity contribution is 5.16. The highest BCUT2D eigenvalue weighted by Gasteiger charge is 2.43. The molecule has 1 spiro atoms. The molecule has 2 saturated heterocycles. The van der Waals surface area contributed by atoms with Gasteiger partial charge in [0.2, 0.25) is 0 Å². The summed E-state index contributed by atoms with van der Waals surface area (Å²) in [5.41, 5.74) is 4.08. The third-order valence-electron chi connectivity index (χ3n) is 4.31. The first kappa shape index (κ1) is 13.0. The minimum Gasteiger partial charge on any atom is -0.378 e. The van der Waals surface area contributed by atoms with Crippen molar-refractivity contribution in [2.24, 2.45) is 11.8 Å². The second-order valence-corrected chi connectivity index (χ2v) is 5.51. The van der Waals surface area contributed by atoms with Gasteiger partial charge < -0.3 is 9.47 Å². The summed E-state index contributed by atoms with van der Waals surface area (Å²) in [6.45, 7) is 2.32. The lowest BCUT2D eigenvalue weighted by Crippen LogP contribution is -2.45. The molecule has 2 aliphatic heterocycles. The third kappa shape index (κ3) is 2.65. The molecule has 104 valence electrons. The van der Waals surface area contributed by atoms with E-state index in [4.69, 9.17) is 15.3 Å². The highest BCUT2D eigenvalue weighted by Crippen LogP contribution is 2.40. The average molecular weight is 263 g/mol. The molecule has 2 aliphatic rings. The van der Waals surface area contributed by atoms with E-state index in [0.29, 0.717) is 5.92 Å². The minimum absolute atomic E-state index is 0.0783. The molecule has 3 rings (SSSR count). The van der Waals surface area contributed by atoms with E-state index in [0.717, 1.165) is 39.1 Å². The molecule has 19 heavy (non-hydrogen) atoms. The van der Waals surface area contributed by atoms with Crippen LogP contribution in [-0.4, -0.2) is 30.4 Å². The molecule has 1 aromatic heterocycles. The Labute approximate surface area is 113 Å². The number of aromatic nitrogens is 1. The Morgan fingerprint density at radius 1 is 1.37 bits per heavy atom. The molecule has 3 atom stereocenters. The summed E-state index contributed by atoms with van der Waals surface area (Å²) in [4.78, 5) is 4.06. The van der Waals surface area contributed by atoms with Crippen LogP contribution < -0.4 is 11.3 Å². The van der Waals surface area contributed by atoms with Crippen molar-refractivity contribution in [3.63, 3.8) is 0 Å². The van der Waals surface area contributed by atoms with Crippen molar-refractivity contribution >= 4 is 0 Å². The van der Waals surface area contributed by atoms with Gasteiger partial charge in [-0.05, 0) is 36.5 Å². The minimum atomic E-state index is -0.0783. The standard InChI is InChI=1S/C14H21N3O2/c15-17-13(11-1-5-16-6-2-11)12-3-7-19-14(9-12)4-8-18-10-14/h1-2,5-6,12-13,17H,3-4,7-10,15H2. The summed E-state index contributed by atoms with van der Waals surface area (Å²) in [6, 6.07) is 4.21. The molecule has 3 heterocycles. The number of ether oxygens (including phenoxy) is 2. The van der Waals surface area contributed by atoms with Crippen molar-refractivity contribution in [3.8, 4) is 0 Å². The number of nitrogens with zero attached hydrogens (tertiary/aromatic N) is 1. The Hall–Kier alpha value is -1.01. The zero-order valence-electron chi connectivity index (χ0n) is 11.0. The van der Waals surface area contributed by atoms with Crippen LogP contribution in [0.25, 0.3) is 0 Å². The van der Waals surface area contributed by atoms with E-state index < -0.39 is 0 Å². The van der Waals surface area contributed by atoms with E-state index >= 15 is 0 Å². The van der Waals surface area contributed by atoms with Crippen LogP contribution in [0.15, 0.2) is 24.5 Å². The molecule has 5 nitrogen and oxygen atoms in total. The van der Waals surface area contributed by atoms with Crippen molar-refractivity contribution in [1.82, 2.24) is 10.4 Å². The number of hydrogen-bond donors (Lipinski definition) is 2. The molecule has 0 aromatic carbocycles. The first-order valence-electron chi connectivity index (χ1n) is 6.91. The Bertz CT molecular complexity index is 406. The molecule has 2 fully saturated rings. The molecule has 1 aromatic rings. The second-order valence-electron chi connectivity index (χ2n) is 5.51. The van der Waals surface area contributed by atoms with Crippen molar-refractivity contribution in [2.75, 3.05) is 19.8 Å². The molecular weight excluding hydrogens is 242 g/mol. The lowest BCUT2D eigenvalue weighted by atomic mass is 9.79. The predicted octanol–water partition coefficient (Wildman–Crippen LogP) is 1.17. The smallest absolute Gasteiger partial charge is 0.0940 e. The van der Waals surface area contributed by atoms with E-state index in [-0.39, 0.29) is 11.6 Å². The van der Waals surface area contributed by atoms with Crippen LogP contribution in [0.4, 0.5) is 0 Å². The van der Waals surface area contributed by atoms with Crippen LogP contribution in [0, 0.1) is 5.92 Å². The van der Waals surface area contributed by atoms with Gasteiger partial charge in [0.05, 0.1) is 12.2 Å². The zero-order chi connectivity index (χ0) is 13.1. The molecule has 0 aliphatic carbocycles. The quantitative estimate of drug-likeness (QED) is 0.633. The van der Waals surface area contributed by atoms with Crippen LogP contribution in [0.3, 0.4) is 0 Å². The summed E-state index contributed by atoms with van der Waals surface area (Å²) in [5, 5.41) is 0. The van der Waals surface area contributed by atoms with Crippen LogP contribution in [0.1, 0.15) is 30.9 Å². The van der Waals surface area contributed by atoms with Crippen molar-refractivity contribution in [3.05, 3.63) is 30.1 Å². The normalized spacial score (nSPS) is 32.6.